The molecule has 1 saturated heterocycles. The van der Waals surface area contributed by atoms with Gasteiger partial charge in [-0.3, -0.25) is 4.99 Å². The van der Waals surface area contributed by atoms with Crippen LogP contribution in [0.15, 0.2) is 45.9 Å². The van der Waals surface area contributed by atoms with E-state index in [1.807, 2.05) is 0 Å². The summed E-state index contributed by atoms with van der Waals surface area (Å²) in [4.78, 5) is 7.30. The molecule has 0 bridgehead atoms. The van der Waals surface area contributed by atoms with Gasteiger partial charge in [-0.1, -0.05) is 34.1 Å². The summed E-state index contributed by atoms with van der Waals surface area (Å²) in [5.74, 6) is 1.59. The van der Waals surface area contributed by atoms with Gasteiger partial charge in [-0.2, -0.15) is 0 Å². The van der Waals surface area contributed by atoms with Crippen LogP contribution in [0, 0.1) is 5.92 Å². The van der Waals surface area contributed by atoms with Gasteiger partial charge in [-0.25, -0.2) is 0 Å². The van der Waals surface area contributed by atoms with E-state index in [9.17, 15) is 0 Å². The third kappa shape index (κ3) is 6.16. The predicted octanol–water partition coefficient (Wildman–Crippen LogP) is 4.17. The zero-order valence-corrected chi connectivity index (χ0v) is 18.7. The first-order chi connectivity index (χ1) is 11.7. The summed E-state index contributed by atoms with van der Waals surface area (Å²) in [5, 5.41) is 6.92. The monoisotopic (exact) mass is 518 g/mol. The second kappa shape index (κ2) is 10.4. The lowest BCUT2D eigenvalue weighted by atomic mass is 10.1. The van der Waals surface area contributed by atoms with Gasteiger partial charge in [0, 0.05) is 42.4 Å². The van der Waals surface area contributed by atoms with Crippen molar-refractivity contribution in [2.24, 2.45) is 10.9 Å². The van der Waals surface area contributed by atoms with Gasteiger partial charge in [0.1, 0.15) is 0 Å². The average Bonchev–Trinajstić information content (AvgIpc) is 3.24. The number of benzene rings is 1. The van der Waals surface area contributed by atoms with Gasteiger partial charge in [-0.15, -0.1) is 24.0 Å². The summed E-state index contributed by atoms with van der Waals surface area (Å²) in [6.07, 6.45) is 7.90. The van der Waals surface area contributed by atoms with E-state index < -0.39 is 0 Å². The fourth-order valence-electron chi connectivity index (χ4n) is 3.36. The predicted molar refractivity (Wildman–Crippen MR) is 121 cm³/mol. The number of hydrogen-bond acceptors (Lipinski definition) is 2. The lowest BCUT2D eigenvalue weighted by Crippen LogP contribution is -2.42. The lowest BCUT2D eigenvalue weighted by Gasteiger charge is -2.19. The highest BCUT2D eigenvalue weighted by Gasteiger charge is 2.23. The van der Waals surface area contributed by atoms with Crippen molar-refractivity contribution >= 4 is 51.6 Å². The molecule has 1 aliphatic heterocycles. The first kappa shape index (κ1) is 20.6. The molecule has 0 spiro atoms. The molecule has 3 rings (SSSR count). The average molecular weight is 519 g/mol. The summed E-state index contributed by atoms with van der Waals surface area (Å²) in [6.45, 7) is 6.12. The number of aliphatic imine (C=N–C) groups is 1. The van der Waals surface area contributed by atoms with Crippen LogP contribution in [0.5, 0.6) is 0 Å². The Bertz CT molecular complexity index is 597. The molecule has 2 aliphatic rings. The first-order valence-electron chi connectivity index (χ1n) is 8.95. The van der Waals surface area contributed by atoms with Crippen LogP contribution in [0.4, 0.5) is 5.69 Å². The van der Waals surface area contributed by atoms with E-state index in [2.05, 4.69) is 74.8 Å². The molecule has 2 N–H and O–H groups in total. The molecule has 1 fully saturated rings. The normalized spacial score (nSPS) is 20.6. The maximum absolute atomic E-state index is 4.84. The molecule has 138 valence electrons. The molecule has 1 heterocycles. The summed E-state index contributed by atoms with van der Waals surface area (Å²) < 4.78 is 1.14. The van der Waals surface area contributed by atoms with Gasteiger partial charge in [-0.05, 0) is 50.3 Å². The zero-order valence-electron chi connectivity index (χ0n) is 14.7. The molecule has 0 amide bonds. The van der Waals surface area contributed by atoms with Crippen LogP contribution < -0.4 is 15.5 Å². The highest BCUT2D eigenvalue weighted by atomic mass is 127. The van der Waals surface area contributed by atoms with Gasteiger partial charge < -0.3 is 15.5 Å². The molecule has 1 aliphatic carbocycles. The number of guanidine groups is 1. The van der Waals surface area contributed by atoms with Gasteiger partial charge in [0.2, 0.25) is 0 Å². The highest BCUT2D eigenvalue weighted by Crippen LogP contribution is 2.26. The Hall–Kier alpha value is -0.760. The largest absolute Gasteiger partial charge is 0.371 e. The standard InChI is InChI=1S/C19H27BrN4.HI/c1-2-21-19(23-17-7-3-4-8-17)22-13-15-10-11-24(14-15)18-9-5-6-16(20)12-18;/h3-6,9,12,15,17H,2,7-8,10-11,13-14H2,1H3,(H2,21,22,23);1H. The minimum absolute atomic E-state index is 0. The van der Waals surface area contributed by atoms with Crippen molar-refractivity contribution in [3.8, 4) is 0 Å². The van der Waals surface area contributed by atoms with Crippen molar-refractivity contribution in [2.75, 3.05) is 31.1 Å². The van der Waals surface area contributed by atoms with Crippen molar-refractivity contribution in [3.05, 3.63) is 40.9 Å². The van der Waals surface area contributed by atoms with Crippen molar-refractivity contribution in [2.45, 2.75) is 32.2 Å². The SMILES string of the molecule is CCNC(=NCC1CCN(c2cccc(Br)c2)C1)NC1CC=CC1.I. The van der Waals surface area contributed by atoms with Crippen LogP contribution >= 0.6 is 39.9 Å². The van der Waals surface area contributed by atoms with Crippen molar-refractivity contribution in [1.29, 1.82) is 0 Å². The first-order valence-corrected chi connectivity index (χ1v) is 9.74. The summed E-state index contributed by atoms with van der Waals surface area (Å²) >= 11 is 3.56. The number of nitrogens with zero attached hydrogens (tertiary/aromatic N) is 2. The minimum atomic E-state index is 0. The second-order valence-corrected chi connectivity index (χ2v) is 7.50. The topological polar surface area (TPSA) is 39.7 Å². The Balaban J connectivity index is 0.00000225. The molecule has 0 aromatic heterocycles. The number of anilines is 1. The smallest absolute Gasteiger partial charge is 0.191 e. The summed E-state index contributed by atoms with van der Waals surface area (Å²) in [6, 6.07) is 9.07. The molecule has 0 saturated carbocycles. The molecule has 4 nitrogen and oxygen atoms in total. The Morgan fingerprint density at radius 3 is 2.84 bits per heavy atom. The van der Waals surface area contributed by atoms with Crippen LogP contribution in [0.1, 0.15) is 26.2 Å². The van der Waals surface area contributed by atoms with Crippen LogP contribution in [-0.2, 0) is 0 Å². The fourth-order valence-corrected chi connectivity index (χ4v) is 3.74. The molecular formula is C19H28BrIN4. The van der Waals surface area contributed by atoms with Crippen molar-refractivity contribution < 1.29 is 0 Å². The van der Waals surface area contributed by atoms with Gasteiger partial charge in [0.15, 0.2) is 5.96 Å². The lowest BCUT2D eigenvalue weighted by molar-refractivity contribution is 0.589. The number of halogens is 2. The van der Waals surface area contributed by atoms with E-state index in [4.69, 9.17) is 4.99 Å². The summed E-state index contributed by atoms with van der Waals surface area (Å²) in [5.41, 5.74) is 1.30. The molecule has 1 atom stereocenters. The quantitative estimate of drug-likeness (QED) is 0.266. The molecule has 25 heavy (non-hydrogen) atoms. The summed E-state index contributed by atoms with van der Waals surface area (Å²) in [7, 11) is 0. The maximum Gasteiger partial charge on any atom is 0.191 e. The highest BCUT2D eigenvalue weighted by molar-refractivity contribution is 14.0. The third-order valence-corrected chi connectivity index (χ3v) is 5.15. The van der Waals surface area contributed by atoms with Crippen LogP contribution in [0.2, 0.25) is 0 Å². The Morgan fingerprint density at radius 1 is 1.32 bits per heavy atom. The minimum Gasteiger partial charge on any atom is -0.371 e. The van der Waals surface area contributed by atoms with Crippen LogP contribution in [0.25, 0.3) is 0 Å². The van der Waals surface area contributed by atoms with E-state index in [-0.39, 0.29) is 24.0 Å². The second-order valence-electron chi connectivity index (χ2n) is 6.58. The maximum atomic E-state index is 4.84. The molecule has 1 aromatic rings. The molecule has 1 aromatic carbocycles. The zero-order chi connectivity index (χ0) is 16.8. The van der Waals surface area contributed by atoms with E-state index >= 15 is 0 Å². The van der Waals surface area contributed by atoms with E-state index in [0.717, 1.165) is 49.5 Å². The molecule has 1 unspecified atom stereocenters. The number of nitrogens with one attached hydrogen (secondary N) is 2. The molecule has 0 radical (unpaired) electrons. The van der Waals surface area contributed by atoms with Crippen molar-refractivity contribution in [1.82, 2.24) is 10.6 Å². The van der Waals surface area contributed by atoms with Crippen LogP contribution in [-0.4, -0.2) is 38.2 Å². The Kier molecular flexibility index (Phi) is 8.55. The Labute approximate surface area is 176 Å². The van der Waals surface area contributed by atoms with E-state index in [1.165, 1.54) is 12.1 Å². The van der Waals surface area contributed by atoms with E-state index in [0.29, 0.717) is 12.0 Å². The number of hydrogen-bond donors (Lipinski definition) is 2. The fraction of sp³-hybridized carbons (Fsp3) is 0.526. The Morgan fingerprint density at radius 2 is 2.12 bits per heavy atom. The van der Waals surface area contributed by atoms with Crippen molar-refractivity contribution in [3.63, 3.8) is 0 Å². The van der Waals surface area contributed by atoms with Crippen LogP contribution in [0.3, 0.4) is 0 Å². The third-order valence-electron chi connectivity index (χ3n) is 4.66. The molecule has 6 heteroatoms. The van der Waals surface area contributed by atoms with Gasteiger partial charge >= 0.3 is 0 Å². The van der Waals surface area contributed by atoms with E-state index in [1.54, 1.807) is 0 Å². The van der Waals surface area contributed by atoms with Gasteiger partial charge in [0.25, 0.3) is 0 Å². The molecular weight excluding hydrogens is 491 g/mol. The number of rotatable bonds is 5. The van der Waals surface area contributed by atoms with Gasteiger partial charge in [0.05, 0.1) is 0 Å².